The zero-order chi connectivity index (χ0) is 11.5. The van der Waals surface area contributed by atoms with E-state index in [1.807, 2.05) is 17.8 Å². The summed E-state index contributed by atoms with van der Waals surface area (Å²) in [4.78, 5) is 15.9. The van der Waals surface area contributed by atoms with E-state index in [2.05, 4.69) is 10.1 Å². The van der Waals surface area contributed by atoms with Gasteiger partial charge in [0.05, 0.1) is 17.5 Å². The molecule has 0 aliphatic carbocycles. The number of imidazole rings is 1. The van der Waals surface area contributed by atoms with Gasteiger partial charge >= 0.3 is 0 Å². The average Bonchev–Trinajstić information content (AvgIpc) is 2.84. The highest BCUT2D eigenvalue weighted by Gasteiger charge is 2.10. The number of aromatic nitrogens is 4. The maximum atomic E-state index is 11.8. The molecule has 0 aliphatic rings. The fraction of sp³-hybridized carbons (Fsp3) is 0.300. The number of ketones is 1. The first-order chi connectivity index (χ1) is 7.66. The minimum absolute atomic E-state index is 0.0705. The van der Waals surface area contributed by atoms with E-state index in [4.69, 9.17) is 0 Å². The minimum atomic E-state index is 0.0705. The summed E-state index contributed by atoms with van der Waals surface area (Å²) >= 11 is 1.43. The van der Waals surface area contributed by atoms with Gasteiger partial charge in [0, 0.05) is 32.7 Å². The van der Waals surface area contributed by atoms with Gasteiger partial charge in [-0.1, -0.05) is 11.8 Å². The Bertz CT molecular complexity index is 502. The van der Waals surface area contributed by atoms with Crippen LogP contribution in [0.2, 0.25) is 0 Å². The van der Waals surface area contributed by atoms with Crippen molar-refractivity contribution in [2.24, 2.45) is 14.1 Å². The second kappa shape index (κ2) is 4.52. The van der Waals surface area contributed by atoms with Crippen molar-refractivity contribution in [2.45, 2.75) is 5.16 Å². The molecular weight excluding hydrogens is 224 g/mol. The van der Waals surface area contributed by atoms with Crippen molar-refractivity contribution < 1.29 is 4.79 Å². The molecule has 2 heterocycles. The molecule has 6 heteroatoms. The number of rotatable bonds is 4. The second-order valence-corrected chi connectivity index (χ2v) is 4.38. The van der Waals surface area contributed by atoms with Gasteiger partial charge in [-0.25, -0.2) is 4.98 Å². The smallest absolute Gasteiger partial charge is 0.176 e. The molecule has 0 saturated heterocycles. The quantitative estimate of drug-likeness (QED) is 0.590. The number of thioether (sulfide) groups is 1. The zero-order valence-corrected chi connectivity index (χ0v) is 9.94. The van der Waals surface area contributed by atoms with Crippen LogP contribution in [0.15, 0.2) is 29.9 Å². The van der Waals surface area contributed by atoms with E-state index in [9.17, 15) is 4.79 Å². The summed E-state index contributed by atoms with van der Waals surface area (Å²) in [6.07, 6.45) is 6.89. The molecule has 0 unspecified atom stereocenters. The predicted molar refractivity (Wildman–Crippen MR) is 61.5 cm³/mol. The Kier molecular flexibility index (Phi) is 3.09. The topological polar surface area (TPSA) is 52.7 Å². The molecule has 2 rings (SSSR count). The van der Waals surface area contributed by atoms with Gasteiger partial charge in [-0.15, -0.1) is 0 Å². The lowest BCUT2D eigenvalue weighted by molar-refractivity contribution is 0.102. The summed E-state index contributed by atoms with van der Waals surface area (Å²) in [5.74, 6) is 0.456. The molecular formula is C10H12N4OS. The Hall–Kier alpha value is -1.56. The average molecular weight is 236 g/mol. The van der Waals surface area contributed by atoms with Crippen LogP contribution in [0.5, 0.6) is 0 Å². The number of carbonyl (C=O) groups excluding carboxylic acids is 1. The summed E-state index contributed by atoms with van der Waals surface area (Å²) in [6.45, 7) is 0. The van der Waals surface area contributed by atoms with Crippen LogP contribution in [0.3, 0.4) is 0 Å². The molecule has 0 N–H and O–H groups in total. The van der Waals surface area contributed by atoms with Gasteiger partial charge in [-0.3, -0.25) is 9.48 Å². The van der Waals surface area contributed by atoms with E-state index in [0.29, 0.717) is 11.3 Å². The first-order valence-corrected chi connectivity index (χ1v) is 5.77. The van der Waals surface area contributed by atoms with E-state index < -0.39 is 0 Å². The summed E-state index contributed by atoms with van der Waals surface area (Å²) < 4.78 is 3.51. The van der Waals surface area contributed by atoms with Crippen LogP contribution in [0.25, 0.3) is 0 Å². The van der Waals surface area contributed by atoms with Gasteiger partial charge in [0.1, 0.15) is 0 Å². The SMILES string of the molecule is Cn1cc(C(=O)CSc2nccn2C)cn1. The molecule has 16 heavy (non-hydrogen) atoms. The Balaban J connectivity index is 1.96. The van der Waals surface area contributed by atoms with Crippen LogP contribution in [0, 0.1) is 0 Å². The second-order valence-electron chi connectivity index (χ2n) is 3.44. The van der Waals surface area contributed by atoms with E-state index in [1.54, 1.807) is 30.3 Å². The van der Waals surface area contributed by atoms with Crippen LogP contribution in [0.4, 0.5) is 0 Å². The van der Waals surface area contributed by atoms with Gasteiger partial charge in [0.25, 0.3) is 0 Å². The molecule has 0 aliphatic heterocycles. The Morgan fingerprint density at radius 3 is 2.88 bits per heavy atom. The fourth-order valence-electron chi connectivity index (χ4n) is 1.27. The van der Waals surface area contributed by atoms with E-state index in [1.165, 1.54) is 11.8 Å². The molecule has 0 fully saturated rings. The fourth-order valence-corrected chi connectivity index (χ4v) is 2.10. The standard InChI is InChI=1S/C10H12N4OS/c1-13-4-3-11-10(13)16-7-9(15)8-5-12-14(2)6-8/h3-6H,7H2,1-2H3. The third kappa shape index (κ3) is 2.33. The number of hydrogen-bond acceptors (Lipinski definition) is 4. The molecule has 0 saturated carbocycles. The first-order valence-electron chi connectivity index (χ1n) is 4.79. The Morgan fingerprint density at radius 2 is 2.31 bits per heavy atom. The van der Waals surface area contributed by atoms with Crippen LogP contribution >= 0.6 is 11.8 Å². The van der Waals surface area contributed by atoms with Crippen LogP contribution in [-0.2, 0) is 14.1 Å². The van der Waals surface area contributed by atoms with Gasteiger partial charge in [0.15, 0.2) is 10.9 Å². The van der Waals surface area contributed by atoms with Gasteiger partial charge in [0.2, 0.25) is 0 Å². The molecule has 5 nitrogen and oxygen atoms in total. The molecule has 0 spiro atoms. The summed E-state index contributed by atoms with van der Waals surface area (Å²) in [6, 6.07) is 0. The Morgan fingerprint density at radius 1 is 1.50 bits per heavy atom. The molecule has 0 amide bonds. The molecule has 0 bridgehead atoms. The number of carbonyl (C=O) groups is 1. The van der Waals surface area contributed by atoms with Crippen molar-refractivity contribution >= 4 is 17.5 Å². The summed E-state index contributed by atoms with van der Waals surface area (Å²) in [5, 5.41) is 4.81. The van der Waals surface area contributed by atoms with E-state index in [0.717, 1.165) is 5.16 Å². The summed E-state index contributed by atoms with van der Waals surface area (Å²) in [7, 11) is 3.70. The maximum absolute atomic E-state index is 11.8. The van der Waals surface area contributed by atoms with Crippen LogP contribution in [0.1, 0.15) is 10.4 Å². The zero-order valence-electron chi connectivity index (χ0n) is 9.12. The summed E-state index contributed by atoms with van der Waals surface area (Å²) in [5.41, 5.74) is 0.643. The lowest BCUT2D eigenvalue weighted by Crippen LogP contribution is -2.02. The molecule has 2 aromatic heterocycles. The van der Waals surface area contributed by atoms with Crippen molar-refractivity contribution in [3.63, 3.8) is 0 Å². The van der Waals surface area contributed by atoms with Crippen molar-refractivity contribution in [3.05, 3.63) is 30.4 Å². The van der Waals surface area contributed by atoms with Gasteiger partial charge < -0.3 is 4.57 Å². The number of hydrogen-bond donors (Lipinski definition) is 0. The maximum Gasteiger partial charge on any atom is 0.176 e. The third-order valence-corrected chi connectivity index (χ3v) is 3.19. The molecule has 84 valence electrons. The highest BCUT2D eigenvalue weighted by atomic mass is 32.2. The number of nitrogens with zero attached hydrogens (tertiary/aromatic N) is 4. The van der Waals surface area contributed by atoms with Crippen molar-refractivity contribution in [1.29, 1.82) is 0 Å². The highest BCUT2D eigenvalue weighted by Crippen LogP contribution is 2.15. The van der Waals surface area contributed by atoms with E-state index >= 15 is 0 Å². The largest absolute Gasteiger partial charge is 0.329 e. The molecule has 0 atom stereocenters. The molecule has 0 radical (unpaired) electrons. The monoisotopic (exact) mass is 236 g/mol. The lowest BCUT2D eigenvalue weighted by atomic mass is 10.3. The Labute approximate surface area is 97.5 Å². The van der Waals surface area contributed by atoms with Crippen LogP contribution < -0.4 is 0 Å². The number of aryl methyl sites for hydroxylation is 2. The normalized spacial score (nSPS) is 10.6. The lowest BCUT2D eigenvalue weighted by Gasteiger charge is -1.99. The first kappa shape index (κ1) is 10.9. The predicted octanol–water partition coefficient (Wildman–Crippen LogP) is 1.13. The van der Waals surface area contributed by atoms with Gasteiger partial charge in [-0.2, -0.15) is 5.10 Å². The van der Waals surface area contributed by atoms with Crippen molar-refractivity contribution in [3.8, 4) is 0 Å². The van der Waals surface area contributed by atoms with Crippen LogP contribution in [-0.4, -0.2) is 30.9 Å². The molecule has 0 aromatic carbocycles. The van der Waals surface area contributed by atoms with E-state index in [-0.39, 0.29) is 5.78 Å². The van der Waals surface area contributed by atoms with Crippen molar-refractivity contribution in [1.82, 2.24) is 19.3 Å². The molecule has 2 aromatic rings. The van der Waals surface area contributed by atoms with Gasteiger partial charge in [-0.05, 0) is 0 Å². The third-order valence-electron chi connectivity index (χ3n) is 2.14. The number of Topliss-reactive ketones (excluding diaryl/α,β-unsaturated/α-hetero) is 1. The minimum Gasteiger partial charge on any atom is -0.329 e. The van der Waals surface area contributed by atoms with Crippen molar-refractivity contribution in [2.75, 3.05) is 5.75 Å². The highest BCUT2D eigenvalue weighted by molar-refractivity contribution is 7.99.